The number of aryl methyl sites for hydroxylation is 1. The van der Waals surface area contributed by atoms with E-state index in [0.717, 1.165) is 33.0 Å². The number of hydrogen-bond acceptors (Lipinski definition) is 4. The molecule has 0 unspecified atom stereocenters. The average Bonchev–Trinajstić information content (AvgIpc) is 3.37. The van der Waals surface area contributed by atoms with E-state index in [9.17, 15) is 13.2 Å². The lowest BCUT2D eigenvalue weighted by Gasteiger charge is -2.12. The number of imidazole rings is 2. The maximum atomic E-state index is 13.2. The minimum Gasteiger partial charge on any atom is -0.324 e. The highest BCUT2D eigenvalue weighted by Crippen LogP contribution is 2.32. The molecule has 0 atom stereocenters. The molecule has 0 aliphatic heterocycles. The second-order valence-electron chi connectivity index (χ2n) is 9.33. The number of nitrogens with one attached hydrogen (secondary N) is 1. The summed E-state index contributed by atoms with van der Waals surface area (Å²) in [6.45, 7) is 4.62. The molecule has 5 rings (SSSR count). The first kappa shape index (κ1) is 24.5. The van der Waals surface area contributed by atoms with Gasteiger partial charge in [-0.05, 0) is 17.0 Å². The summed E-state index contributed by atoms with van der Waals surface area (Å²) in [7, 11) is 3.15. The molecular formula is C27H26F3N7. The van der Waals surface area contributed by atoms with Gasteiger partial charge in [0.05, 0.1) is 18.9 Å². The molecule has 0 amide bonds. The van der Waals surface area contributed by atoms with Crippen molar-refractivity contribution >= 4 is 11.2 Å². The summed E-state index contributed by atoms with van der Waals surface area (Å²) < 4.78 is 44.0. The average molecular weight is 506 g/mol. The van der Waals surface area contributed by atoms with Crippen LogP contribution in [0.5, 0.6) is 0 Å². The lowest BCUT2D eigenvalue weighted by molar-refractivity contribution is -0.143. The Kier molecular flexibility index (Phi) is 5.97. The molecule has 0 saturated carbocycles. The van der Waals surface area contributed by atoms with Crippen LogP contribution in [0.1, 0.15) is 36.6 Å². The topological polar surface area (TPSA) is 77.3 Å². The van der Waals surface area contributed by atoms with Crippen LogP contribution in [-0.4, -0.2) is 28.7 Å². The van der Waals surface area contributed by atoms with Gasteiger partial charge in [-0.1, -0.05) is 62.4 Å². The molecule has 0 fully saturated rings. The molecule has 7 nitrogen and oxygen atoms in total. The molecule has 190 valence electrons. The van der Waals surface area contributed by atoms with Crippen LogP contribution in [0, 0.1) is 5.41 Å². The van der Waals surface area contributed by atoms with Gasteiger partial charge in [0.2, 0.25) is 5.62 Å². The molecule has 3 aromatic heterocycles. The molecule has 0 spiro atoms. The van der Waals surface area contributed by atoms with E-state index in [4.69, 9.17) is 10.4 Å². The van der Waals surface area contributed by atoms with Gasteiger partial charge in [-0.15, -0.1) is 0 Å². The molecule has 5 aromatic rings. The largest absolute Gasteiger partial charge is 0.433 e. The second-order valence-corrected chi connectivity index (χ2v) is 9.33. The summed E-state index contributed by atoms with van der Waals surface area (Å²) in [5, 5.41) is 8.66. The molecule has 0 radical (unpaired) electrons. The molecule has 1 N–H and O–H groups in total. The van der Waals surface area contributed by atoms with Crippen molar-refractivity contribution < 1.29 is 13.2 Å². The number of nitrogens with zero attached hydrogens (tertiary/aromatic N) is 6. The van der Waals surface area contributed by atoms with Gasteiger partial charge in [0.25, 0.3) is 0 Å². The highest BCUT2D eigenvalue weighted by molar-refractivity contribution is 5.74. The fourth-order valence-corrected chi connectivity index (χ4v) is 4.56. The summed E-state index contributed by atoms with van der Waals surface area (Å²) in [6, 6.07) is 15.2. The normalized spacial score (nSPS) is 12.1. The standard InChI is InChI=1S/C27H26F3N7/c1-16(2)19-7-5-6-8-20(19)23-32-13-21-25(34-23)37(26(31)35(21)3)15-17-9-11-18(12-10-17)24-33-14-22(36(24)4)27(28,29)30/h5-14,16,31H,15H2,1-4H3. The zero-order valence-corrected chi connectivity index (χ0v) is 20.9. The van der Waals surface area contributed by atoms with E-state index < -0.39 is 11.9 Å². The lowest BCUT2D eigenvalue weighted by Crippen LogP contribution is -2.23. The van der Waals surface area contributed by atoms with Crippen molar-refractivity contribution in [2.45, 2.75) is 32.5 Å². The van der Waals surface area contributed by atoms with Gasteiger partial charge in [-0.2, -0.15) is 13.2 Å². The van der Waals surface area contributed by atoms with Crippen LogP contribution in [0.25, 0.3) is 33.9 Å². The first-order valence-electron chi connectivity index (χ1n) is 11.8. The van der Waals surface area contributed by atoms with Crippen molar-refractivity contribution in [3.8, 4) is 22.8 Å². The van der Waals surface area contributed by atoms with Gasteiger partial charge in [-0.25, -0.2) is 15.0 Å². The minimum absolute atomic E-state index is 0.235. The van der Waals surface area contributed by atoms with Crippen molar-refractivity contribution in [2.75, 3.05) is 0 Å². The Bertz CT molecular complexity index is 1650. The molecule has 37 heavy (non-hydrogen) atoms. The third kappa shape index (κ3) is 4.32. The Balaban J connectivity index is 1.51. The summed E-state index contributed by atoms with van der Waals surface area (Å²) in [5.74, 6) is 1.13. The fourth-order valence-electron chi connectivity index (χ4n) is 4.56. The van der Waals surface area contributed by atoms with Crippen molar-refractivity contribution in [2.24, 2.45) is 14.1 Å². The predicted molar refractivity (Wildman–Crippen MR) is 135 cm³/mol. The molecule has 3 heterocycles. The molecule has 2 aromatic carbocycles. The van der Waals surface area contributed by atoms with Crippen LogP contribution < -0.4 is 5.62 Å². The number of alkyl halides is 3. The lowest BCUT2D eigenvalue weighted by atomic mass is 9.97. The zero-order chi connectivity index (χ0) is 26.5. The van der Waals surface area contributed by atoms with Crippen LogP contribution in [0.4, 0.5) is 13.2 Å². The van der Waals surface area contributed by atoms with E-state index in [-0.39, 0.29) is 11.4 Å². The van der Waals surface area contributed by atoms with Gasteiger partial charge in [0.15, 0.2) is 11.5 Å². The van der Waals surface area contributed by atoms with Crippen LogP contribution in [-0.2, 0) is 26.8 Å². The Labute approximate surface area is 211 Å². The van der Waals surface area contributed by atoms with Gasteiger partial charge in [-0.3, -0.25) is 9.98 Å². The quantitative estimate of drug-likeness (QED) is 0.342. The van der Waals surface area contributed by atoms with Crippen molar-refractivity contribution in [3.63, 3.8) is 0 Å². The van der Waals surface area contributed by atoms with Crippen LogP contribution >= 0.6 is 0 Å². The number of benzene rings is 2. The molecule has 0 bridgehead atoms. The Morgan fingerprint density at radius 3 is 2.27 bits per heavy atom. The summed E-state index contributed by atoms with van der Waals surface area (Å²) in [4.78, 5) is 13.4. The third-order valence-electron chi connectivity index (χ3n) is 6.60. The Hall–Kier alpha value is -4.21. The number of aromatic nitrogens is 6. The van der Waals surface area contributed by atoms with E-state index in [1.54, 1.807) is 34.5 Å². The molecule has 0 aliphatic rings. The zero-order valence-electron chi connectivity index (χ0n) is 20.9. The maximum Gasteiger partial charge on any atom is 0.433 e. The van der Waals surface area contributed by atoms with Crippen LogP contribution in [0.15, 0.2) is 60.9 Å². The van der Waals surface area contributed by atoms with Crippen LogP contribution in [0.3, 0.4) is 0 Å². The van der Waals surface area contributed by atoms with E-state index >= 15 is 0 Å². The summed E-state index contributed by atoms with van der Waals surface area (Å²) in [5.41, 5.74) is 4.40. The van der Waals surface area contributed by atoms with E-state index in [1.165, 1.54) is 7.05 Å². The van der Waals surface area contributed by atoms with Crippen molar-refractivity contribution in [3.05, 3.63) is 83.4 Å². The summed E-state index contributed by atoms with van der Waals surface area (Å²) in [6.07, 6.45) is -1.88. The number of hydrogen-bond donors (Lipinski definition) is 1. The van der Waals surface area contributed by atoms with Gasteiger partial charge in [0, 0.05) is 25.2 Å². The van der Waals surface area contributed by atoms with Gasteiger partial charge < -0.3 is 9.13 Å². The predicted octanol–water partition coefficient (Wildman–Crippen LogP) is 5.51. The minimum atomic E-state index is -4.47. The van der Waals surface area contributed by atoms with Gasteiger partial charge in [0.1, 0.15) is 17.0 Å². The monoisotopic (exact) mass is 505 g/mol. The molecular weight excluding hydrogens is 479 g/mol. The Morgan fingerprint density at radius 1 is 0.919 bits per heavy atom. The first-order chi connectivity index (χ1) is 17.6. The van der Waals surface area contributed by atoms with E-state index in [2.05, 4.69) is 29.9 Å². The smallest absolute Gasteiger partial charge is 0.324 e. The summed E-state index contributed by atoms with van der Waals surface area (Å²) >= 11 is 0. The number of fused-ring (bicyclic) bond motifs is 1. The SMILES string of the molecule is CC(C)c1ccccc1-c1ncc2c(n1)n(Cc1ccc(-c3ncc(C(F)(F)F)n3C)cc1)c(=N)n2C. The van der Waals surface area contributed by atoms with E-state index in [0.29, 0.717) is 29.5 Å². The van der Waals surface area contributed by atoms with Crippen LogP contribution in [0.2, 0.25) is 0 Å². The number of rotatable bonds is 5. The Morgan fingerprint density at radius 2 is 1.62 bits per heavy atom. The van der Waals surface area contributed by atoms with Gasteiger partial charge >= 0.3 is 6.18 Å². The fraction of sp³-hybridized carbons (Fsp3) is 0.259. The van der Waals surface area contributed by atoms with E-state index in [1.807, 2.05) is 30.3 Å². The first-order valence-corrected chi connectivity index (χ1v) is 11.8. The van der Waals surface area contributed by atoms with Crippen molar-refractivity contribution in [1.29, 1.82) is 5.41 Å². The highest BCUT2D eigenvalue weighted by Gasteiger charge is 2.35. The second kappa shape index (κ2) is 9.02. The van der Waals surface area contributed by atoms with Crippen molar-refractivity contribution in [1.82, 2.24) is 28.7 Å². The molecule has 0 saturated heterocycles. The molecule has 10 heteroatoms. The number of halogens is 3. The maximum absolute atomic E-state index is 13.2. The highest BCUT2D eigenvalue weighted by atomic mass is 19.4. The molecule has 0 aliphatic carbocycles. The third-order valence-corrected chi connectivity index (χ3v) is 6.60.